The third-order valence-electron chi connectivity index (χ3n) is 2.91. The second-order valence-electron chi connectivity index (χ2n) is 7.28. The van der Waals surface area contributed by atoms with Crippen molar-refractivity contribution < 1.29 is 9.90 Å². The molecule has 1 N–H and O–H groups in total. The number of nitrogens with zero attached hydrogens (tertiary/aromatic N) is 1. The number of carbonyl (C=O) groups is 1. The van der Waals surface area contributed by atoms with Crippen molar-refractivity contribution >= 4 is 5.78 Å². The van der Waals surface area contributed by atoms with Crippen LogP contribution in [0.15, 0.2) is 0 Å². The highest BCUT2D eigenvalue weighted by molar-refractivity contribution is 5.80. The highest BCUT2D eigenvalue weighted by Crippen LogP contribution is 2.21. The zero-order chi connectivity index (χ0) is 15.1. The topological polar surface area (TPSA) is 40.5 Å². The predicted octanol–water partition coefficient (Wildman–Crippen LogP) is 2.97. The molecule has 1 unspecified atom stereocenters. The summed E-state index contributed by atoms with van der Waals surface area (Å²) in [5, 5.41) is 9.61. The third-order valence-corrected chi connectivity index (χ3v) is 2.91. The monoisotopic (exact) mass is 259 g/mol. The SMILES string of the molecule is CC(=O)C(C)(C)C.CN(C)CCC(O)C(C)(C)C. The number of carbonyl (C=O) groups excluding carboxylic acids is 1. The Morgan fingerprint density at radius 2 is 1.44 bits per heavy atom. The van der Waals surface area contributed by atoms with E-state index in [2.05, 4.69) is 25.7 Å². The van der Waals surface area contributed by atoms with Crippen molar-refractivity contribution in [3.63, 3.8) is 0 Å². The third kappa shape index (κ3) is 12.1. The van der Waals surface area contributed by atoms with Crippen LogP contribution in [-0.2, 0) is 4.79 Å². The molecule has 0 fully saturated rings. The Kier molecular flexibility index (Phi) is 8.74. The molecule has 0 aliphatic carbocycles. The fourth-order valence-corrected chi connectivity index (χ4v) is 0.813. The van der Waals surface area contributed by atoms with E-state index in [9.17, 15) is 9.90 Å². The Morgan fingerprint density at radius 1 is 1.11 bits per heavy atom. The second kappa shape index (κ2) is 7.90. The minimum absolute atomic E-state index is 0.0238. The molecule has 0 aromatic heterocycles. The number of hydrogen-bond acceptors (Lipinski definition) is 3. The zero-order valence-electron chi connectivity index (χ0n) is 13.8. The molecule has 0 amide bonds. The van der Waals surface area contributed by atoms with Gasteiger partial charge in [0.1, 0.15) is 5.78 Å². The van der Waals surface area contributed by atoms with Crippen LogP contribution in [0.2, 0.25) is 0 Å². The highest BCUT2D eigenvalue weighted by atomic mass is 16.3. The van der Waals surface area contributed by atoms with Crippen molar-refractivity contribution in [2.45, 2.75) is 61.0 Å². The van der Waals surface area contributed by atoms with E-state index in [4.69, 9.17) is 0 Å². The van der Waals surface area contributed by atoms with Gasteiger partial charge in [-0.25, -0.2) is 0 Å². The molecule has 0 aromatic carbocycles. The van der Waals surface area contributed by atoms with Crippen LogP contribution in [0.3, 0.4) is 0 Å². The maximum atomic E-state index is 10.5. The molecule has 0 spiro atoms. The van der Waals surface area contributed by atoms with Gasteiger partial charge in [-0.3, -0.25) is 4.79 Å². The van der Waals surface area contributed by atoms with Crippen molar-refractivity contribution in [2.75, 3.05) is 20.6 Å². The standard InChI is InChI=1S/C9H21NO.C6H12O/c1-9(2,3)8(11)6-7-10(4)5;1-5(7)6(2,3)4/h8,11H,6-7H2,1-5H3;1-4H3. The van der Waals surface area contributed by atoms with Gasteiger partial charge in [0, 0.05) is 5.41 Å². The summed E-state index contributed by atoms with van der Waals surface area (Å²) in [7, 11) is 4.05. The van der Waals surface area contributed by atoms with E-state index < -0.39 is 0 Å². The van der Waals surface area contributed by atoms with Crippen LogP contribution >= 0.6 is 0 Å². The van der Waals surface area contributed by atoms with Gasteiger partial charge < -0.3 is 10.0 Å². The summed E-state index contributed by atoms with van der Waals surface area (Å²) in [6.07, 6.45) is 0.668. The first-order valence-electron chi connectivity index (χ1n) is 6.62. The van der Waals surface area contributed by atoms with Gasteiger partial charge in [-0.1, -0.05) is 41.5 Å². The summed E-state index contributed by atoms with van der Waals surface area (Å²) in [4.78, 5) is 12.6. The molecule has 110 valence electrons. The van der Waals surface area contributed by atoms with Crippen molar-refractivity contribution in [1.82, 2.24) is 4.90 Å². The zero-order valence-corrected chi connectivity index (χ0v) is 13.8. The van der Waals surface area contributed by atoms with Gasteiger partial charge in [0.2, 0.25) is 0 Å². The van der Waals surface area contributed by atoms with Gasteiger partial charge in [0.05, 0.1) is 6.10 Å². The highest BCUT2D eigenvalue weighted by Gasteiger charge is 2.21. The lowest BCUT2D eigenvalue weighted by molar-refractivity contribution is -0.124. The molecule has 0 heterocycles. The van der Waals surface area contributed by atoms with Gasteiger partial charge in [0.25, 0.3) is 0 Å². The first kappa shape index (κ1) is 19.9. The predicted molar refractivity (Wildman–Crippen MR) is 78.8 cm³/mol. The lowest BCUT2D eigenvalue weighted by Crippen LogP contribution is -2.29. The summed E-state index contributed by atoms with van der Waals surface area (Å²) in [5.74, 6) is 0.243. The van der Waals surface area contributed by atoms with Crippen molar-refractivity contribution in [3.05, 3.63) is 0 Å². The van der Waals surface area contributed by atoms with E-state index in [1.807, 2.05) is 34.9 Å². The molecule has 0 bridgehead atoms. The Balaban J connectivity index is 0. The van der Waals surface area contributed by atoms with E-state index in [1.54, 1.807) is 6.92 Å². The average molecular weight is 259 g/mol. The number of aliphatic hydroxyl groups is 1. The van der Waals surface area contributed by atoms with Crippen LogP contribution in [0, 0.1) is 10.8 Å². The normalized spacial score (nSPS) is 13.9. The minimum Gasteiger partial charge on any atom is -0.393 e. The van der Waals surface area contributed by atoms with Crippen LogP contribution in [0.5, 0.6) is 0 Å². The molecular weight excluding hydrogens is 226 g/mol. The van der Waals surface area contributed by atoms with E-state index in [-0.39, 0.29) is 22.7 Å². The Bertz CT molecular complexity index is 234. The van der Waals surface area contributed by atoms with Gasteiger partial charge in [0.15, 0.2) is 0 Å². The first-order valence-corrected chi connectivity index (χ1v) is 6.62. The van der Waals surface area contributed by atoms with Crippen molar-refractivity contribution in [2.24, 2.45) is 10.8 Å². The summed E-state index contributed by atoms with van der Waals surface area (Å²) in [6, 6.07) is 0. The molecule has 0 aliphatic rings. The molecule has 18 heavy (non-hydrogen) atoms. The maximum Gasteiger partial charge on any atom is 0.135 e. The number of rotatable bonds is 3. The molecule has 0 aromatic rings. The van der Waals surface area contributed by atoms with E-state index in [0.717, 1.165) is 13.0 Å². The Morgan fingerprint density at radius 3 is 1.61 bits per heavy atom. The molecule has 0 aliphatic heterocycles. The van der Waals surface area contributed by atoms with E-state index >= 15 is 0 Å². The van der Waals surface area contributed by atoms with Crippen LogP contribution in [0.4, 0.5) is 0 Å². The lowest BCUT2D eigenvalue weighted by atomic mass is 9.87. The minimum atomic E-state index is -0.190. The maximum absolute atomic E-state index is 10.5. The Hall–Kier alpha value is -0.410. The molecule has 0 radical (unpaired) electrons. The van der Waals surface area contributed by atoms with Crippen LogP contribution in [0.25, 0.3) is 0 Å². The van der Waals surface area contributed by atoms with Crippen LogP contribution in [-0.4, -0.2) is 42.5 Å². The average Bonchev–Trinajstić information content (AvgIpc) is 2.11. The fraction of sp³-hybridized carbons (Fsp3) is 0.933. The van der Waals surface area contributed by atoms with Gasteiger partial charge in [-0.15, -0.1) is 0 Å². The summed E-state index contributed by atoms with van der Waals surface area (Å²) >= 11 is 0. The molecule has 0 saturated carbocycles. The first-order chi connectivity index (χ1) is 7.78. The summed E-state index contributed by atoms with van der Waals surface area (Å²) in [6.45, 7) is 14.5. The number of aliphatic hydroxyl groups excluding tert-OH is 1. The second-order valence-corrected chi connectivity index (χ2v) is 7.28. The summed E-state index contributed by atoms with van der Waals surface area (Å²) in [5.41, 5.74) is -0.115. The fourth-order valence-electron chi connectivity index (χ4n) is 0.813. The molecule has 1 atom stereocenters. The van der Waals surface area contributed by atoms with Crippen molar-refractivity contribution in [1.29, 1.82) is 0 Å². The smallest absolute Gasteiger partial charge is 0.135 e. The van der Waals surface area contributed by atoms with Gasteiger partial charge >= 0.3 is 0 Å². The molecule has 0 saturated heterocycles. The molecule has 3 nitrogen and oxygen atoms in total. The molecule has 0 rings (SSSR count). The molecular formula is C15H33NO2. The molecule has 3 heteroatoms. The van der Waals surface area contributed by atoms with Crippen LogP contribution in [0.1, 0.15) is 54.9 Å². The summed E-state index contributed by atoms with van der Waals surface area (Å²) < 4.78 is 0. The van der Waals surface area contributed by atoms with Gasteiger partial charge in [-0.05, 0) is 39.4 Å². The van der Waals surface area contributed by atoms with E-state index in [0.29, 0.717) is 0 Å². The van der Waals surface area contributed by atoms with Crippen molar-refractivity contribution in [3.8, 4) is 0 Å². The number of Topliss-reactive ketones (excluding diaryl/α,β-unsaturated/α-hetero) is 1. The van der Waals surface area contributed by atoms with E-state index in [1.165, 1.54) is 0 Å². The largest absolute Gasteiger partial charge is 0.393 e. The van der Waals surface area contributed by atoms with Gasteiger partial charge in [-0.2, -0.15) is 0 Å². The quantitative estimate of drug-likeness (QED) is 0.847. The Labute approximate surface area is 114 Å². The van der Waals surface area contributed by atoms with Crippen LogP contribution < -0.4 is 0 Å². The number of ketones is 1. The lowest BCUT2D eigenvalue weighted by Gasteiger charge is -2.26. The number of hydrogen-bond donors (Lipinski definition) is 1.